The third-order valence-electron chi connectivity index (χ3n) is 3.34. The highest BCUT2D eigenvalue weighted by molar-refractivity contribution is 9.10. The molecule has 1 atom stereocenters. The number of hydrogen-bond donors (Lipinski definition) is 2. The van der Waals surface area contributed by atoms with Gasteiger partial charge in [0.1, 0.15) is 5.82 Å². The molecule has 0 saturated carbocycles. The maximum Gasteiger partial charge on any atom is 0.126 e. The van der Waals surface area contributed by atoms with Gasteiger partial charge in [0.05, 0.1) is 24.5 Å². The zero-order valence-electron chi connectivity index (χ0n) is 12.0. The van der Waals surface area contributed by atoms with E-state index in [2.05, 4.69) is 31.1 Å². The Labute approximate surface area is 128 Å². The maximum absolute atomic E-state index is 10.5. The Kier molecular flexibility index (Phi) is 5.37. The van der Waals surface area contributed by atoms with Crippen molar-refractivity contribution in [2.45, 2.75) is 19.4 Å². The second-order valence-corrected chi connectivity index (χ2v) is 6.36. The lowest BCUT2D eigenvalue weighted by Crippen LogP contribution is -2.49. The third-order valence-corrected chi connectivity index (χ3v) is 4.18. The number of rotatable bonds is 5. The summed E-state index contributed by atoms with van der Waals surface area (Å²) in [5, 5.41) is 13.7. The molecular formula is C14H22BrN3O2. The number of halogens is 1. The number of nitrogens with zero attached hydrogens (tertiary/aromatic N) is 2. The number of β-amino-alcohol motifs (C(OH)–C–C–N with tert-alkyl or cyclic N) is 1. The van der Waals surface area contributed by atoms with Crippen LogP contribution in [0.1, 0.15) is 12.6 Å². The SMILES string of the molecule is Cc1nc(NCC(C)(O)CN2CCOCC2)ccc1Br. The molecule has 1 aliphatic rings. The summed E-state index contributed by atoms with van der Waals surface area (Å²) < 4.78 is 6.30. The van der Waals surface area contributed by atoms with E-state index >= 15 is 0 Å². The van der Waals surface area contributed by atoms with Crippen molar-refractivity contribution in [2.75, 3.05) is 44.7 Å². The summed E-state index contributed by atoms with van der Waals surface area (Å²) in [5.41, 5.74) is 0.142. The minimum Gasteiger partial charge on any atom is -0.387 e. The van der Waals surface area contributed by atoms with Crippen LogP contribution in [0.4, 0.5) is 5.82 Å². The van der Waals surface area contributed by atoms with Crippen LogP contribution < -0.4 is 5.32 Å². The first-order valence-electron chi connectivity index (χ1n) is 6.86. The van der Waals surface area contributed by atoms with E-state index in [4.69, 9.17) is 4.74 Å². The monoisotopic (exact) mass is 343 g/mol. The van der Waals surface area contributed by atoms with Gasteiger partial charge in [0.15, 0.2) is 0 Å². The quantitative estimate of drug-likeness (QED) is 0.851. The Morgan fingerprint density at radius 1 is 1.45 bits per heavy atom. The van der Waals surface area contributed by atoms with Crippen LogP contribution in [0.25, 0.3) is 0 Å². The molecule has 0 spiro atoms. The van der Waals surface area contributed by atoms with Crippen LogP contribution in [0, 0.1) is 6.92 Å². The standard InChI is InChI=1S/C14H22BrN3O2/c1-11-12(15)3-4-13(17-11)16-9-14(2,19)10-18-5-7-20-8-6-18/h3-4,19H,5-10H2,1-2H3,(H,16,17). The predicted octanol–water partition coefficient (Wildman–Crippen LogP) is 1.65. The lowest BCUT2D eigenvalue weighted by atomic mass is 10.1. The second-order valence-electron chi connectivity index (χ2n) is 5.50. The van der Waals surface area contributed by atoms with Gasteiger partial charge in [-0.25, -0.2) is 4.98 Å². The summed E-state index contributed by atoms with van der Waals surface area (Å²) in [5.74, 6) is 0.785. The largest absolute Gasteiger partial charge is 0.387 e. The van der Waals surface area contributed by atoms with Crippen molar-refractivity contribution in [3.05, 3.63) is 22.3 Å². The molecule has 0 bridgehead atoms. The first kappa shape index (κ1) is 15.7. The molecular weight excluding hydrogens is 322 g/mol. The highest BCUT2D eigenvalue weighted by Crippen LogP contribution is 2.17. The molecule has 1 aromatic rings. The Balaban J connectivity index is 1.85. The highest BCUT2D eigenvalue weighted by Gasteiger charge is 2.25. The van der Waals surface area contributed by atoms with Crippen molar-refractivity contribution >= 4 is 21.7 Å². The van der Waals surface area contributed by atoms with Crippen molar-refractivity contribution in [2.24, 2.45) is 0 Å². The molecule has 1 fully saturated rings. The van der Waals surface area contributed by atoms with Gasteiger partial charge in [-0.15, -0.1) is 0 Å². The number of hydrogen-bond acceptors (Lipinski definition) is 5. The fraction of sp³-hybridized carbons (Fsp3) is 0.643. The normalized spacial score (nSPS) is 19.6. The molecule has 2 rings (SSSR count). The molecule has 1 aliphatic heterocycles. The minimum atomic E-state index is -0.792. The van der Waals surface area contributed by atoms with E-state index in [0.29, 0.717) is 13.1 Å². The van der Waals surface area contributed by atoms with Gasteiger partial charge < -0.3 is 15.2 Å². The third kappa shape index (κ3) is 4.70. The Hall–Kier alpha value is -0.690. The van der Waals surface area contributed by atoms with Crippen molar-refractivity contribution in [3.63, 3.8) is 0 Å². The van der Waals surface area contributed by atoms with Gasteiger partial charge >= 0.3 is 0 Å². The first-order valence-corrected chi connectivity index (χ1v) is 7.65. The lowest BCUT2D eigenvalue weighted by molar-refractivity contribution is -0.0164. The summed E-state index contributed by atoms with van der Waals surface area (Å²) >= 11 is 3.43. The number of aryl methyl sites for hydroxylation is 1. The van der Waals surface area contributed by atoms with Gasteiger partial charge in [-0.2, -0.15) is 0 Å². The van der Waals surface area contributed by atoms with Crippen LogP contribution in [-0.4, -0.2) is 60.0 Å². The summed E-state index contributed by atoms with van der Waals surface area (Å²) in [6, 6.07) is 3.86. The molecule has 0 aromatic carbocycles. The van der Waals surface area contributed by atoms with Crippen LogP contribution in [0.5, 0.6) is 0 Å². The number of aliphatic hydroxyl groups is 1. The molecule has 2 heterocycles. The Morgan fingerprint density at radius 3 is 2.80 bits per heavy atom. The fourth-order valence-corrected chi connectivity index (χ4v) is 2.44. The zero-order chi connectivity index (χ0) is 14.6. The molecule has 5 nitrogen and oxygen atoms in total. The van der Waals surface area contributed by atoms with Crippen molar-refractivity contribution < 1.29 is 9.84 Å². The topological polar surface area (TPSA) is 57.6 Å². The van der Waals surface area contributed by atoms with E-state index in [0.717, 1.165) is 42.3 Å². The van der Waals surface area contributed by atoms with Gasteiger partial charge in [-0.3, -0.25) is 4.90 Å². The smallest absolute Gasteiger partial charge is 0.126 e. The van der Waals surface area contributed by atoms with E-state index in [-0.39, 0.29) is 0 Å². The number of ether oxygens (including phenoxy) is 1. The van der Waals surface area contributed by atoms with E-state index < -0.39 is 5.60 Å². The first-order chi connectivity index (χ1) is 9.46. The molecule has 1 unspecified atom stereocenters. The number of aromatic nitrogens is 1. The van der Waals surface area contributed by atoms with E-state index in [1.54, 1.807) is 0 Å². The number of anilines is 1. The zero-order valence-corrected chi connectivity index (χ0v) is 13.6. The average molecular weight is 344 g/mol. The van der Waals surface area contributed by atoms with Crippen LogP contribution >= 0.6 is 15.9 Å². The van der Waals surface area contributed by atoms with Gasteiger partial charge in [0.25, 0.3) is 0 Å². The summed E-state index contributed by atoms with van der Waals surface area (Å²) in [6.45, 7) is 8.16. The fourth-order valence-electron chi connectivity index (χ4n) is 2.22. The van der Waals surface area contributed by atoms with Crippen molar-refractivity contribution in [1.29, 1.82) is 0 Å². The molecule has 2 N–H and O–H groups in total. The molecule has 0 aliphatic carbocycles. The molecule has 20 heavy (non-hydrogen) atoms. The lowest BCUT2D eigenvalue weighted by Gasteiger charge is -2.34. The molecule has 6 heteroatoms. The van der Waals surface area contributed by atoms with E-state index in [1.807, 2.05) is 26.0 Å². The second kappa shape index (κ2) is 6.85. The minimum absolute atomic E-state index is 0.471. The van der Waals surface area contributed by atoms with Crippen LogP contribution in [0.15, 0.2) is 16.6 Å². The van der Waals surface area contributed by atoms with Crippen molar-refractivity contribution in [1.82, 2.24) is 9.88 Å². The molecule has 1 saturated heterocycles. The average Bonchev–Trinajstić information content (AvgIpc) is 2.41. The number of pyridine rings is 1. The molecule has 1 aromatic heterocycles. The number of morpholine rings is 1. The summed E-state index contributed by atoms with van der Waals surface area (Å²) in [4.78, 5) is 6.65. The summed E-state index contributed by atoms with van der Waals surface area (Å²) in [7, 11) is 0. The van der Waals surface area contributed by atoms with Crippen LogP contribution in [0.3, 0.4) is 0 Å². The molecule has 0 radical (unpaired) electrons. The maximum atomic E-state index is 10.5. The van der Waals surface area contributed by atoms with Crippen LogP contribution in [-0.2, 0) is 4.74 Å². The number of nitrogens with one attached hydrogen (secondary N) is 1. The highest BCUT2D eigenvalue weighted by atomic mass is 79.9. The molecule has 0 amide bonds. The van der Waals surface area contributed by atoms with Crippen molar-refractivity contribution in [3.8, 4) is 0 Å². The van der Waals surface area contributed by atoms with Crippen LogP contribution in [0.2, 0.25) is 0 Å². The van der Waals surface area contributed by atoms with Gasteiger partial charge in [-0.1, -0.05) is 0 Å². The Morgan fingerprint density at radius 2 is 2.15 bits per heavy atom. The van der Waals surface area contributed by atoms with Gasteiger partial charge in [0.2, 0.25) is 0 Å². The Bertz CT molecular complexity index is 448. The van der Waals surface area contributed by atoms with Gasteiger partial charge in [0, 0.05) is 30.7 Å². The van der Waals surface area contributed by atoms with E-state index in [9.17, 15) is 5.11 Å². The molecule has 112 valence electrons. The summed E-state index contributed by atoms with van der Waals surface area (Å²) in [6.07, 6.45) is 0. The van der Waals surface area contributed by atoms with Gasteiger partial charge in [-0.05, 0) is 41.9 Å². The predicted molar refractivity (Wildman–Crippen MR) is 83.0 cm³/mol. The van der Waals surface area contributed by atoms with E-state index in [1.165, 1.54) is 0 Å².